The fourth-order valence-corrected chi connectivity index (χ4v) is 3.31. The zero-order valence-corrected chi connectivity index (χ0v) is 10.7. The van der Waals surface area contributed by atoms with Crippen molar-refractivity contribution in [3.05, 3.63) is 0 Å². The second kappa shape index (κ2) is 5.48. The van der Waals surface area contributed by atoms with Crippen LogP contribution in [0, 0.1) is 11.8 Å². The molecule has 0 saturated heterocycles. The second-order valence-corrected chi connectivity index (χ2v) is 5.52. The quantitative estimate of drug-likeness (QED) is 0.745. The van der Waals surface area contributed by atoms with E-state index in [1.165, 1.54) is 32.1 Å². The van der Waals surface area contributed by atoms with Gasteiger partial charge in [-0.1, -0.05) is 6.42 Å². The number of likely N-dealkylation sites (N-methyl/N-ethyl adjacent to an activating group) is 1. The van der Waals surface area contributed by atoms with Crippen LogP contribution in [-0.2, 0) is 4.74 Å². The largest absolute Gasteiger partial charge is 0.383 e. The van der Waals surface area contributed by atoms with Gasteiger partial charge < -0.3 is 10.5 Å². The van der Waals surface area contributed by atoms with Gasteiger partial charge in [-0.3, -0.25) is 4.90 Å². The minimum atomic E-state index is 0.627. The highest BCUT2D eigenvalue weighted by atomic mass is 16.5. The zero-order valence-electron chi connectivity index (χ0n) is 10.7. The van der Waals surface area contributed by atoms with Gasteiger partial charge in [0.15, 0.2) is 0 Å². The third-order valence-corrected chi connectivity index (χ3v) is 4.47. The van der Waals surface area contributed by atoms with Crippen LogP contribution in [0.15, 0.2) is 0 Å². The average molecular weight is 226 g/mol. The highest BCUT2D eigenvalue weighted by Gasteiger charge is 2.39. The van der Waals surface area contributed by atoms with Gasteiger partial charge in [0.2, 0.25) is 0 Å². The first-order chi connectivity index (χ1) is 7.77. The molecule has 2 N–H and O–H groups in total. The Morgan fingerprint density at radius 2 is 2.06 bits per heavy atom. The van der Waals surface area contributed by atoms with E-state index in [2.05, 4.69) is 11.9 Å². The lowest BCUT2D eigenvalue weighted by Crippen LogP contribution is -2.46. The third kappa shape index (κ3) is 2.58. The first-order valence-electron chi connectivity index (χ1n) is 6.68. The van der Waals surface area contributed by atoms with Gasteiger partial charge in [-0.2, -0.15) is 0 Å². The Morgan fingerprint density at radius 1 is 1.31 bits per heavy atom. The molecule has 0 aliphatic heterocycles. The molecule has 2 aliphatic rings. The van der Waals surface area contributed by atoms with Gasteiger partial charge in [0.25, 0.3) is 0 Å². The fraction of sp³-hybridized carbons (Fsp3) is 1.00. The summed E-state index contributed by atoms with van der Waals surface area (Å²) in [5.74, 6) is 1.59. The number of ether oxygens (including phenoxy) is 1. The van der Waals surface area contributed by atoms with Crippen LogP contribution in [0.1, 0.15) is 32.1 Å². The standard InChI is InChI=1S/C13H26N2O/c1-15(12-5-3-4-11(12)8-14)13(9-16-2)10-6-7-10/h10-13H,3-9,14H2,1-2H3. The van der Waals surface area contributed by atoms with Crippen molar-refractivity contribution in [2.24, 2.45) is 17.6 Å². The van der Waals surface area contributed by atoms with E-state index in [4.69, 9.17) is 10.5 Å². The molecular formula is C13H26N2O. The summed E-state index contributed by atoms with van der Waals surface area (Å²) in [6, 6.07) is 1.33. The topological polar surface area (TPSA) is 38.5 Å². The summed E-state index contributed by atoms with van der Waals surface area (Å²) in [6.07, 6.45) is 6.76. The van der Waals surface area contributed by atoms with Gasteiger partial charge in [-0.25, -0.2) is 0 Å². The van der Waals surface area contributed by atoms with Gasteiger partial charge in [0, 0.05) is 19.2 Å². The van der Waals surface area contributed by atoms with Crippen molar-refractivity contribution in [2.75, 3.05) is 27.3 Å². The molecular weight excluding hydrogens is 200 g/mol. The Morgan fingerprint density at radius 3 is 2.62 bits per heavy atom. The number of hydrogen-bond acceptors (Lipinski definition) is 3. The minimum absolute atomic E-state index is 0.627. The summed E-state index contributed by atoms with van der Waals surface area (Å²) in [5.41, 5.74) is 5.87. The summed E-state index contributed by atoms with van der Waals surface area (Å²) in [6.45, 7) is 1.73. The molecule has 3 nitrogen and oxygen atoms in total. The molecule has 3 heteroatoms. The molecule has 2 saturated carbocycles. The molecule has 0 radical (unpaired) electrons. The average Bonchev–Trinajstić information content (AvgIpc) is 3.01. The zero-order chi connectivity index (χ0) is 11.5. The summed E-state index contributed by atoms with van der Waals surface area (Å²) >= 11 is 0. The number of hydrogen-bond donors (Lipinski definition) is 1. The first kappa shape index (κ1) is 12.3. The van der Waals surface area contributed by atoms with Gasteiger partial charge in [-0.05, 0) is 51.1 Å². The van der Waals surface area contributed by atoms with E-state index in [0.717, 1.165) is 19.1 Å². The number of nitrogens with two attached hydrogens (primary N) is 1. The molecule has 0 aromatic rings. The highest BCUT2D eigenvalue weighted by Crippen LogP contribution is 2.38. The Kier molecular flexibility index (Phi) is 4.22. The maximum absolute atomic E-state index is 5.87. The maximum atomic E-state index is 5.87. The van der Waals surface area contributed by atoms with E-state index in [0.29, 0.717) is 18.0 Å². The van der Waals surface area contributed by atoms with Gasteiger partial charge in [0.05, 0.1) is 6.61 Å². The van der Waals surface area contributed by atoms with Crippen molar-refractivity contribution in [2.45, 2.75) is 44.2 Å². The highest BCUT2D eigenvalue weighted by molar-refractivity contribution is 4.93. The Balaban J connectivity index is 1.94. The van der Waals surface area contributed by atoms with Gasteiger partial charge in [-0.15, -0.1) is 0 Å². The number of methoxy groups -OCH3 is 1. The van der Waals surface area contributed by atoms with Crippen LogP contribution in [0.4, 0.5) is 0 Å². The lowest BCUT2D eigenvalue weighted by atomic mass is 10.00. The minimum Gasteiger partial charge on any atom is -0.383 e. The number of nitrogens with zero attached hydrogens (tertiary/aromatic N) is 1. The normalized spacial score (nSPS) is 32.2. The van der Waals surface area contributed by atoms with Crippen LogP contribution in [0.25, 0.3) is 0 Å². The first-order valence-corrected chi connectivity index (χ1v) is 6.68. The molecule has 0 bridgehead atoms. The predicted octanol–water partition coefficient (Wildman–Crippen LogP) is 1.47. The van der Waals surface area contributed by atoms with E-state index in [1.54, 1.807) is 0 Å². The Bertz CT molecular complexity index is 216. The van der Waals surface area contributed by atoms with E-state index < -0.39 is 0 Å². The fourth-order valence-electron chi connectivity index (χ4n) is 3.31. The van der Waals surface area contributed by atoms with Crippen molar-refractivity contribution < 1.29 is 4.74 Å². The van der Waals surface area contributed by atoms with E-state index >= 15 is 0 Å². The van der Waals surface area contributed by atoms with Crippen LogP contribution < -0.4 is 5.73 Å². The summed E-state index contributed by atoms with van der Waals surface area (Å²) in [7, 11) is 4.10. The van der Waals surface area contributed by atoms with Crippen molar-refractivity contribution in [3.63, 3.8) is 0 Å². The van der Waals surface area contributed by atoms with Crippen molar-refractivity contribution in [1.29, 1.82) is 0 Å². The molecule has 2 rings (SSSR count). The van der Waals surface area contributed by atoms with Crippen molar-refractivity contribution in [1.82, 2.24) is 4.90 Å². The molecule has 2 fully saturated rings. The van der Waals surface area contributed by atoms with Crippen molar-refractivity contribution in [3.8, 4) is 0 Å². The predicted molar refractivity (Wildman–Crippen MR) is 66.3 cm³/mol. The van der Waals surface area contributed by atoms with Crippen LogP contribution in [0.5, 0.6) is 0 Å². The van der Waals surface area contributed by atoms with Crippen LogP contribution in [0.2, 0.25) is 0 Å². The van der Waals surface area contributed by atoms with E-state index in [1.807, 2.05) is 7.11 Å². The number of rotatable bonds is 6. The monoisotopic (exact) mass is 226 g/mol. The van der Waals surface area contributed by atoms with Crippen LogP contribution in [0.3, 0.4) is 0 Å². The smallest absolute Gasteiger partial charge is 0.0620 e. The Labute approximate surface area is 99.3 Å². The molecule has 94 valence electrons. The van der Waals surface area contributed by atoms with Crippen molar-refractivity contribution >= 4 is 0 Å². The summed E-state index contributed by atoms with van der Waals surface area (Å²) in [4.78, 5) is 2.58. The lowest BCUT2D eigenvalue weighted by molar-refractivity contribution is 0.0566. The van der Waals surface area contributed by atoms with E-state index in [-0.39, 0.29) is 0 Å². The Hall–Kier alpha value is -0.120. The molecule has 0 aromatic carbocycles. The molecule has 0 amide bonds. The van der Waals surface area contributed by atoms with Crippen LogP contribution >= 0.6 is 0 Å². The molecule has 2 aliphatic carbocycles. The van der Waals surface area contributed by atoms with E-state index in [9.17, 15) is 0 Å². The SMILES string of the molecule is COCC(C1CC1)N(C)C1CCCC1CN. The summed E-state index contributed by atoms with van der Waals surface area (Å²) < 4.78 is 5.38. The maximum Gasteiger partial charge on any atom is 0.0620 e. The molecule has 3 unspecified atom stereocenters. The summed E-state index contributed by atoms with van der Waals surface area (Å²) in [5, 5.41) is 0. The third-order valence-electron chi connectivity index (χ3n) is 4.47. The van der Waals surface area contributed by atoms with Gasteiger partial charge >= 0.3 is 0 Å². The molecule has 0 spiro atoms. The molecule has 0 heterocycles. The molecule has 16 heavy (non-hydrogen) atoms. The lowest BCUT2D eigenvalue weighted by Gasteiger charge is -2.36. The van der Waals surface area contributed by atoms with Gasteiger partial charge in [0.1, 0.15) is 0 Å². The van der Waals surface area contributed by atoms with Crippen LogP contribution in [-0.4, -0.2) is 44.3 Å². The molecule has 3 atom stereocenters. The second-order valence-electron chi connectivity index (χ2n) is 5.52. The molecule has 0 aromatic heterocycles.